The third kappa shape index (κ3) is 1.03. The van der Waals surface area contributed by atoms with E-state index in [0.717, 1.165) is 23.2 Å². The first-order valence-corrected chi connectivity index (χ1v) is 6.94. The summed E-state index contributed by atoms with van der Waals surface area (Å²) in [5.74, 6) is 3.32. The van der Waals surface area contributed by atoms with Crippen molar-refractivity contribution in [3.63, 3.8) is 0 Å². The van der Waals surface area contributed by atoms with Crippen molar-refractivity contribution in [2.45, 2.75) is 57.4 Å². The highest BCUT2D eigenvalue weighted by Gasteiger charge is 2.59. The average molecular weight is 205 g/mol. The second-order valence-electron chi connectivity index (χ2n) is 7.21. The highest BCUT2D eigenvalue weighted by atomic mass is 15.1. The van der Waals surface area contributed by atoms with Gasteiger partial charge in [-0.25, -0.2) is 0 Å². The van der Waals surface area contributed by atoms with Gasteiger partial charge in [0.2, 0.25) is 0 Å². The van der Waals surface area contributed by atoms with Crippen LogP contribution in [0.15, 0.2) is 0 Å². The Balaban J connectivity index is 1.71. The summed E-state index contributed by atoms with van der Waals surface area (Å²) in [7, 11) is 0. The molecule has 1 nitrogen and oxygen atoms in total. The summed E-state index contributed by atoms with van der Waals surface area (Å²) >= 11 is 0. The van der Waals surface area contributed by atoms with Crippen molar-refractivity contribution < 1.29 is 0 Å². The Hall–Kier alpha value is -0.0400. The van der Waals surface area contributed by atoms with Crippen molar-refractivity contribution in [2.75, 3.05) is 6.54 Å². The van der Waals surface area contributed by atoms with E-state index in [4.69, 9.17) is 0 Å². The molecule has 1 heteroatoms. The van der Waals surface area contributed by atoms with Crippen molar-refractivity contribution in [3.05, 3.63) is 0 Å². The number of nitrogens with one attached hydrogen (secondary N) is 1. The first-order valence-electron chi connectivity index (χ1n) is 6.94. The van der Waals surface area contributed by atoms with E-state index in [1.807, 2.05) is 0 Å². The van der Waals surface area contributed by atoms with E-state index < -0.39 is 0 Å². The molecule has 5 rings (SSSR count). The Morgan fingerprint density at radius 3 is 1.73 bits per heavy atom. The molecule has 1 aliphatic heterocycles. The molecule has 1 heterocycles. The molecular weight excluding hydrogens is 182 g/mol. The number of hydrogen-bond acceptors (Lipinski definition) is 1. The van der Waals surface area contributed by atoms with Crippen LogP contribution >= 0.6 is 0 Å². The van der Waals surface area contributed by atoms with Gasteiger partial charge in [-0.05, 0) is 81.6 Å². The number of rotatable bonds is 1. The molecule has 0 aromatic rings. The highest BCUT2D eigenvalue weighted by Crippen LogP contribution is 2.65. The Bertz CT molecular complexity index is 254. The minimum atomic E-state index is 0.531. The Kier molecular flexibility index (Phi) is 1.57. The lowest BCUT2D eigenvalue weighted by molar-refractivity contribution is -0.122. The first-order chi connectivity index (χ1) is 7.19. The van der Waals surface area contributed by atoms with E-state index in [1.165, 1.54) is 13.0 Å². The Labute approximate surface area is 93.0 Å². The van der Waals surface area contributed by atoms with Crippen LogP contribution in [0.5, 0.6) is 0 Å². The number of hydrogen-bond donors (Lipinski definition) is 1. The molecule has 1 atom stereocenters. The molecule has 4 aliphatic carbocycles. The summed E-state index contributed by atoms with van der Waals surface area (Å²) in [5.41, 5.74) is 1.25. The van der Waals surface area contributed by atoms with E-state index >= 15 is 0 Å². The summed E-state index contributed by atoms with van der Waals surface area (Å²) in [5, 5.41) is 3.78. The van der Waals surface area contributed by atoms with Crippen LogP contribution in [-0.4, -0.2) is 12.1 Å². The van der Waals surface area contributed by atoms with Gasteiger partial charge in [0.25, 0.3) is 0 Å². The van der Waals surface area contributed by atoms with Gasteiger partial charge in [-0.1, -0.05) is 0 Å². The second kappa shape index (κ2) is 2.61. The van der Waals surface area contributed by atoms with Crippen LogP contribution in [0.2, 0.25) is 0 Å². The zero-order chi connectivity index (χ0) is 10.1. The molecule has 1 saturated heterocycles. The maximum Gasteiger partial charge on any atom is 0.0221 e. The van der Waals surface area contributed by atoms with Gasteiger partial charge in [0.1, 0.15) is 0 Å². The molecule has 0 spiro atoms. The Morgan fingerprint density at radius 2 is 1.40 bits per heavy atom. The fourth-order valence-corrected chi connectivity index (χ4v) is 5.74. The SMILES string of the molecule is CC1(C23CC4CC(CC(C4)C2)C3)CCN1. The molecule has 4 bridgehead atoms. The lowest BCUT2D eigenvalue weighted by atomic mass is 9.43. The molecule has 1 unspecified atom stereocenters. The lowest BCUT2D eigenvalue weighted by Crippen LogP contribution is -2.69. The summed E-state index contributed by atoms with van der Waals surface area (Å²) in [4.78, 5) is 0. The topological polar surface area (TPSA) is 12.0 Å². The summed E-state index contributed by atoms with van der Waals surface area (Å²) < 4.78 is 0. The zero-order valence-corrected chi connectivity index (χ0v) is 9.89. The van der Waals surface area contributed by atoms with Gasteiger partial charge in [0.15, 0.2) is 0 Å². The highest BCUT2D eigenvalue weighted by molar-refractivity contribution is 5.14. The van der Waals surface area contributed by atoms with Crippen molar-refractivity contribution in [2.24, 2.45) is 23.2 Å². The lowest BCUT2D eigenvalue weighted by Gasteiger charge is -2.66. The minimum Gasteiger partial charge on any atom is -0.311 e. The van der Waals surface area contributed by atoms with Crippen LogP contribution in [0.25, 0.3) is 0 Å². The molecule has 0 radical (unpaired) electrons. The fraction of sp³-hybridized carbons (Fsp3) is 1.00. The van der Waals surface area contributed by atoms with Crippen molar-refractivity contribution in [1.29, 1.82) is 0 Å². The smallest absolute Gasteiger partial charge is 0.0221 e. The van der Waals surface area contributed by atoms with Gasteiger partial charge in [0.05, 0.1) is 0 Å². The van der Waals surface area contributed by atoms with Crippen molar-refractivity contribution in [3.8, 4) is 0 Å². The van der Waals surface area contributed by atoms with E-state index in [9.17, 15) is 0 Å². The zero-order valence-electron chi connectivity index (χ0n) is 9.89. The summed E-state index contributed by atoms with van der Waals surface area (Å²) in [6.07, 6.45) is 10.9. The molecular formula is C14H23N. The van der Waals surface area contributed by atoms with Crippen LogP contribution in [0, 0.1) is 23.2 Å². The molecule has 84 valence electrons. The van der Waals surface area contributed by atoms with Gasteiger partial charge in [-0.2, -0.15) is 0 Å². The molecule has 5 aliphatic rings. The second-order valence-corrected chi connectivity index (χ2v) is 7.21. The van der Waals surface area contributed by atoms with Gasteiger partial charge in [-0.15, -0.1) is 0 Å². The molecule has 15 heavy (non-hydrogen) atoms. The molecule has 0 amide bonds. The van der Waals surface area contributed by atoms with E-state index in [2.05, 4.69) is 12.2 Å². The quantitative estimate of drug-likeness (QED) is 0.694. The Morgan fingerprint density at radius 1 is 0.933 bits per heavy atom. The average Bonchev–Trinajstić information content (AvgIpc) is 2.11. The predicted molar refractivity (Wildman–Crippen MR) is 61.6 cm³/mol. The van der Waals surface area contributed by atoms with Crippen LogP contribution in [0.4, 0.5) is 0 Å². The van der Waals surface area contributed by atoms with Crippen LogP contribution in [-0.2, 0) is 0 Å². The fourth-order valence-electron chi connectivity index (χ4n) is 5.74. The molecule has 1 N–H and O–H groups in total. The third-order valence-electron chi connectivity index (χ3n) is 6.35. The van der Waals surface area contributed by atoms with Crippen molar-refractivity contribution >= 4 is 0 Å². The largest absolute Gasteiger partial charge is 0.311 e. The van der Waals surface area contributed by atoms with E-state index in [1.54, 1.807) is 38.5 Å². The van der Waals surface area contributed by atoms with Gasteiger partial charge in [-0.3, -0.25) is 0 Å². The normalized spacial score (nSPS) is 61.8. The maximum absolute atomic E-state index is 3.78. The minimum absolute atomic E-state index is 0.531. The van der Waals surface area contributed by atoms with Crippen LogP contribution < -0.4 is 5.32 Å². The van der Waals surface area contributed by atoms with E-state index in [0.29, 0.717) is 5.54 Å². The van der Waals surface area contributed by atoms with Crippen molar-refractivity contribution in [1.82, 2.24) is 5.32 Å². The van der Waals surface area contributed by atoms with Gasteiger partial charge >= 0.3 is 0 Å². The van der Waals surface area contributed by atoms with E-state index in [-0.39, 0.29) is 0 Å². The van der Waals surface area contributed by atoms with Crippen LogP contribution in [0.1, 0.15) is 51.9 Å². The molecule has 4 saturated carbocycles. The van der Waals surface area contributed by atoms with Crippen LogP contribution in [0.3, 0.4) is 0 Å². The third-order valence-corrected chi connectivity index (χ3v) is 6.35. The standard InChI is InChI=1S/C14H23N/c1-13(2-3-15-13)14-7-10-4-11(8-14)6-12(5-10)9-14/h10-12,15H,2-9H2,1H3. The summed E-state index contributed by atoms with van der Waals surface area (Å²) in [6, 6.07) is 0. The first kappa shape index (κ1) is 9.04. The molecule has 5 fully saturated rings. The van der Waals surface area contributed by atoms with Gasteiger partial charge < -0.3 is 5.32 Å². The molecule has 0 aromatic carbocycles. The monoisotopic (exact) mass is 205 g/mol. The molecule has 0 aromatic heterocycles. The van der Waals surface area contributed by atoms with Gasteiger partial charge in [0, 0.05) is 5.54 Å². The predicted octanol–water partition coefficient (Wildman–Crippen LogP) is 2.95. The summed E-state index contributed by atoms with van der Waals surface area (Å²) in [6.45, 7) is 3.79. The maximum atomic E-state index is 3.78.